The SMILES string of the molecule is CCC(C)C(NC(=O)C(NC(=O)C(Cc1ccccc1)NC(=O)C(N)CCC(=O)O)C(C)O)C(=O)O. The third-order valence-electron chi connectivity index (χ3n) is 5.76. The molecule has 12 heteroatoms. The van der Waals surface area contributed by atoms with Crippen LogP contribution in [0.1, 0.15) is 45.6 Å². The molecular weight excluding hydrogens is 472 g/mol. The van der Waals surface area contributed by atoms with Crippen LogP contribution in [0.15, 0.2) is 30.3 Å². The Bertz CT molecular complexity index is 909. The van der Waals surface area contributed by atoms with Gasteiger partial charge in [0.15, 0.2) is 0 Å². The van der Waals surface area contributed by atoms with Crippen LogP contribution in [0.2, 0.25) is 0 Å². The first-order valence-electron chi connectivity index (χ1n) is 11.7. The summed E-state index contributed by atoms with van der Waals surface area (Å²) in [5, 5.41) is 35.6. The minimum atomic E-state index is -1.50. The molecule has 0 radical (unpaired) electrons. The Kier molecular flexibility index (Phi) is 12.5. The minimum Gasteiger partial charge on any atom is -0.481 e. The summed E-state index contributed by atoms with van der Waals surface area (Å²) in [6.45, 7) is 4.67. The molecule has 0 aliphatic rings. The molecular formula is C24H36N4O8. The molecule has 1 rings (SSSR count). The van der Waals surface area contributed by atoms with Gasteiger partial charge in [0.05, 0.1) is 12.1 Å². The van der Waals surface area contributed by atoms with Gasteiger partial charge in [0.2, 0.25) is 17.7 Å². The molecule has 0 spiro atoms. The van der Waals surface area contributed by atoms with Gasteiger partial charge in [-0.05, 0) is 24.8 Å². The fourth-order valence-corrected chi connectivity index (χ4v) is 3.33. The van der Waals surface area contributed by atoms with Crippen molar-refractivity contribution in [1.82, 2.24) is 16.0 Å². The van der Waals surface area contributed by atoms with E-state index in [4.69, 9.17) is 10.8 Å². The first-order valence-corrected chi connectivity index (χ1v) is 11.7. The number of nitrogens with one attached hydrogen (secondary N) is 3. The van der Waals surface area contributed by atoms with Crippen molar-refractivity contribution in [3.8, 4) is 0 Å². The van der Waals surface area contributed by atoms with E-state index in [1.54, 1.807) is 44.2 Å². The van der Waals surface area contributed by atoms with Crippen molar-refractivity contribution >= 4 is 29.7 Å². The monoisotopic (exact) mass is 508 g/mol. The van der Waals surface area contributed by atoms with Gasteiger partial charge in [0.1, 0.15) is 18.1 Å². The van der Waals surface area contributed by atoms with E-state index in [9.17, 15) is 34.2 Å². The molecule has 1 aromatic rings. The van der Waals surface area contributed by atoms with Crippen molar-refractivity contribution in [2.75, 3.05) is 0 Å². The van der Waals surface area contributed by atoms with E-state index in [1.165, 1.54) is 6.92 Å². The molecule has 0 fully saturated rings. The summed E-state index contributed by atoms with van der Waals surface area (Å²) in [6.07, 6.45) is -1.38. The van der Waals surface area contributed by atoms with Crippen LogP contribution in [0.25, 0.3) is 0 Å². The molecule has 0 bridgehead atoms. The van der Waals surface area contributed by atoms with Crippen LogP contribution in [-0.2, 0) is 30.4 Å². The van der Waals surface area contributed by atoms with E-state index in [-0.39, 0.29) is 19.3 Å². The van der Waals surface area contributed by atoms with Gasteiger partial charge in [-0.15, -0.1) is 0 Å². The fraction of sp³-hybridized carbons (Fsp3) is 0.542. The number of carbonyl (C=O) groups is 5. The Balaban J connectivity index is 3.07. The molecule has 8 N–H and O–H groups in total. The number of hydrogen-bond donors (Lipinski definition) is 7. The van der Waals surface area contributed by atoms with Crippen LogP contribution >= 0.6 is 0 Å². The molecule has 36 heavy (non-hydrogen) atoms. The molecule has 12 nitrogen and oxygen atoms in total. The van der Waals surface area contributed by atoms with Crippen molar-refractivity contribution < 1.29 is 39.3 Å². The summed E-state index contributed by atoms with van der Waals surface area (Å²) in [7, 11) is 0. The first kappa shape index (κ1) is 30.5. The summed E-state index contributed by atoms with van der Waals surface area (Å²) in [4.78, 5) is 60.8. The van der Waals surface area contributed by atoms with Gasteiger partial charge in [-0.3, -0.25) is 19.2 Å². The highest BCUT2D eigenvalue weighted by atomic mass is 16.4. The molecule has 0 saturated heterocycles. The Morgan fingerprint density at radius 3 is 1.97 bits per heavy atom. The van der Waals surface area contributed by atoms with Gasteiger partial charge in [-0.2, -0.15) is 0 Å². The number of carbonyl (C=O) groups excluding carboxylic acids is 3. The zero-order valence-corrected chi connectivity index (χ0v) is 20.6. The van der Waals surface area contributed by atoms with Crippen LogP contribution in [0.5, 0.6) is 0 Å². The number of rotatable bonds is 15. The summed E-state index contributed by atoms with van der Waals surface area (Å²) >= 11 is 0. The largest absolute Gasteiger partial charge is 0.481 e. The second kappa shape index (κ2) is 14.8. The number of carboxylic acids is 2. The number of aliphatic hydroxyl groups is 1. The highest BCUT2D eigenvalue weighted by Crippen LogP contribution is 2.10. The Morgan fingerprint density at radius 1 is 0.889 bits per heavy atom. The number of benzene rings is 1. The van der Waals surface area contributed by atoms with Gasteiger partial charge in [0, 0.05) is 12.8 Å². The van der Waals surface area contributed by atoms with Crippen molar-refractivity contribution in [2.45, 2.75) is 76.7 Å². The van der Waals surface area contributed by atoms with Gasteiger partial charge >= 0.3 is 11.9 Å². The van der Waals surface area contributed by atoms with Crippen molar-refractivity contribution in [3.05, 3.63) is 35.9 Å². The molecule has 0 heterocycles. The molecule has 1 aromatic carbocycles. The summed E-state index contributed by atoms with van der Waals surface area (Å²) in [6, 6.07) is 3.55. The normalized spacial score (nSPS) is 15.9. The lowest BCUT2D eigenvalue weighted by molar-refractivity contribution is -0.144. The average Bonchev–Trinajstić information content (AvgIpc) is 2.83. The Morgan fingerprint density at radius 2 is 1.47 bits per heavy atom. The molecule has 6 unspecified atom stereocenters. The highest BCUT2D eigenvalue weighted by Gasteiger charge is 2.34. The van der Waals surface area contributed by atoms with E-state index in [0.29, 0.717) is 12.0 Å². The van der Waals surface area contributed by atoms with Crippen molar-refractivity contribution in [3.63, 3.8) is 0 Å². The molecule has 0 aromatic heterocycles. The maximum Gasteiger partial charge on any atom is 0.326 e. The smallest absolute Gasteiger partial charge is 0.326 e. The zero-order chi connectivity index (χ0) is 27.4. The molecule has 0 saturated carbocycles. The lowest BCUT2D eigenvalue weighted by Gasteiger charge is -2.27. The molecule has 6 atom stereocenters. The number of amides is 3. The van der Waals surface area contributed by atoms with Crippen LogP contribution in [0.4, 0.5) is 0 Å². The van der Waals surface area contributed by atoms with Gasteiger partial charge in [-0.1, -0.05) is 50.6 Å². The topological polar surface area (TPSA) is 208 Å². The molecule has 200 valence electrons. The third-order valence-corrected chi connectivity index (χ3v) is 5.76. The number of hydrogen-bond acceptors (Lipinski definition) is 7. The van der Waals surface area contributed by atoms with Crippen LogP contribution < -0.4 is 21.7 Å². The van der Waals surface area contributed by atoms with Crippen LogP contribution in [0, 0.1) is 5.92 Å². The first-order chi connectivity index (χ1) is 16.9. The summed E-state index contributed by atoms with van der Waals surface area (Å²) in [5.74, 6) is -5.25. The summed E-state index contributed by atoms with van der Waals surface area (Å²) in [5.41, 5.74) is 6.44. The fourth-order valence-electron chi connectivity index (χ4n) is 3.33. The number of aliphatic hydroxyl groups excluding tert-OH is 1. The Hall–Kier alpha value is -3.51. The van der Waals surface area contributed by atoms with Gasteiger partial charge < -0.3 is 37.0 Å². The minimum absolute atomic E-state index is 0.0167. The van der Waals surface area contributed by atoms with Crippen molar-refractivity contribution in [2.24, 2.45) is 11.7 Å². The third kappa shape index (κ3) is 10.0. The number of carboxylic acid groups (broad SMARTS) is 2. The van der Waals surface area contributed by atoms with E-state index in [2.05, 4.69) is 16.0 Å². The summed E-state index contributed by atoms with van der Waals surface area (Å²) < 4.78 is 0. The quantitative estimate of drug-likeness (QED) is 0.161. The second-order valence-corrected chi connectivity index (χ2v) is 8.73. The zero-order valence-electron chi connectivity index (χ0n) is 20.6. The second-order valence-electron chi connectivity index (χ2n) is 8.73. The van der Waals surface area contributed by atoms with Crippen LogP contribution in [0.3, 0.4) is 0 Å². The average molecular weight is 509 g/mol. The molecule has 0 aliphatic heterocycles. The highest BCUT2D eigenvalue weighted by molar-refractivity contribution is 5.94. The predicted octanol–water partition coefficient (Wildman–Crippen LogP) is -0.613. The predicted molar refractivity (Wildman–Crippen MR) is 130 cm³/mol. The van der Waals surface area contributed by atoms with Gasteiger partial charge in [-0.25, -0.2) is 4.79 Å². The van der Waals surface area contributed by atoms with Gasteiger partial charge in [0.25, 0.3) is 0 Å². The van der Waals surface area contributed by atoms with E-state index < -0.39 is 65.8 Å². The lowest BCUT2D eigenvalue weighted by atomic mass is 9.98. The van der Waals surface area contributed by atoms with E-state index in [1.807, 2.05) is 0 Å². The maximum absolute atomic E-state index is 13.1. The van der Waals surface area contributed by atoms with Crippen molar-refractivity contribution in [1.29, 1.82) is 0 Å². The number of aliphatic carboxylic acids is 2. The van der Waals surface area contributed by atoms with E-state index >= 15 is 0 Å². The standard InChI is InChI=1S/C24H36N4O8/c1-4-13(2)19(24(35)36)27-23(34)20(14(3)29)28-22(33)17(12-15-8-6-5-7-9-15)26-21(32)16(25)10-11-18(30)31/h5-9,13-14,16-17,19-20,29H,4,10-12,25H2,1-3H3,(H,26,32)(H,27,34)(H,28,33)(H,30,31)(H,35,36). The number of nitrogens with two attached hydrogens (primary N) is 1. The van der Waals surface area contributed by atoms with E-state index in [0.717, 1.165) is 0 Å². The van der Waals surface area contributed by atoms with Crippen LogP contribution in [-0.4, -0.2) is 75.3 Å². The molecule has 3 amide bonds. The lowest BCUT2D eigenvalue weighted by Crippen LogP contribution is -2.60. The molecule has 0 aliphatic carbocycles. The maximum atomic E-state index is 13.1. The Labute approximate surface area is 209 Å².